The van der Waals surface area contributed by atoms with Crippen LogP contribution in [-0.4, -0.2) is 24.2 Å². The molecule has 0 aliphatic rings. The second-order valence-electron chi connectivity index (χ2n) is 8.68. The molecule has 0 atom stereocenters. The maximum Gasteiger partial charge on any atom is 0.387 e. The van der Waals surface area contributed by atoms with E-state index in [-0.39, 0.29) is 26.3 Å². The Morgan fingerprint density at radius 3 is 2.50 bits per heavy atom. The smallest absolute Gasteiger partial charge is 0.387 e. The average Bonchev–Trinajstić information content (AvgIpc) is 3.25. The van der Waals surface area contributed by atoms with Crippen LogP contribution in [0.4, 0.5) is 14.5 Å². The maximum atomic E-state index is 13.7. The number of rotatable bonds is 8. The normalized spacial score (nSPS) is 12.2. The fourth-order valence-corrected chi connectivity index (χ4v) is 5.09. The Morgan fingerprint density at radius 1 is 1.12 bits per heavy atom. The van der Waals surface area contributed by atoms with E-state index in [1.807, 2.05) is 38.1 Å². The highest BCUT2D eigenvalue weighted by atomic mass is 32.1. The highest BCUT2D eigenvalue weighted by Gasteiger charge is 2.18. The van der Waals surface area contributed by atoms with Gasteiger partial charge in [0.2, 0.25) is 0 Å². The van der Waals surface area contributed by atoms with Crippen molar-refractivity contribution in [2.24, 2.45) is 0 Å². The third-order valence-corrected chi connectivity index (χ3v) is 7.05. The number of carbonyl (C=O) groups is 1. The average molecular weight is 562 g/mol. The molecule has 0 saturated heterocycles. The Labute approximate surface area is 232 Å². The number of methoxy groups -OCH3 is 1. The quantitative estimate of drug-likeness (QED) is 0.342. The molecule has 0 bridgehead atoms. The monoisotopic (exact) mass is 561 g/mol. The Morgan fingerprint density at radius 2 is 1.88 bits per heavy atom. The van der Waals surface area contributed by atoms with E-state index < -0.39 is 18.1 Å². The number of halogens is 2. The van der Waals surface area contributed by atoms with Gasteiger partial charge in [-0.1, -0.05) is 37.3 Å². The zero-order valence-electron chi connectivity index (χ0n) is 21.9. The van der Waals surface area contributed by atoms with Crippen molar-refractivity contribution in [3.63, 3.8) is 0 Å². The molecule has 0 fully saturated rings. The number of amides is 1. The standard InChI is InChI=1S/C30H25F2N3O4S/c1-4-19-8-11-21(12-9-19)34-27(36)23(17-33)29-35(22-7-5-6-18(2)14-22)28(37)26(40-29)16-20-10-13-24(39-30(31)32)25(15-20)38-3/h5-16,30H,4H2,1-3H3,(H,34,36)/b26-16+,29-23-. The largest absolute Gasteiger partial charge is 0.493 e. The molecule has 0 spiro atoms. The van der Waals surface area contributed by atoms with Crippen molar-refractivity contribution in [1.82, 2.24) is 4.57 Å². The van der Waals surface area contributed by atoms with Crippen LogP contribution in [0.25, 0.3) is 17.3 Å². The number of carbonyl (C=O) groups excluding carboxylic acids is 1. The highest BCUT2D eigenvalue weighted by Crippen LogP contribution is 2.29. The van der Waals surface area contributed by atoms with Crippen molar-refractivity contribution in [3.05, 3.63) is 103 Å². The van der Waals surface area contributed by atoms with E-state index in [1.165, 1.54) is 36.0 Å². The first-order chi connectivity index (χ1) is 19.2. The predicted octanol–water partition coefficient (Wildman–Crippen LogP) is 4.52. The van der Waals surface area contributed by atoms with Crippen LogP contribution in [0.1, 0.15) is 23.6 Å². The lowest BCUT2D eigenvalue weighted by molar-refractivity contribution is -0.111. The molecule has 0 saturated carbocycles. The SMILES string of the molecule is CCc1ccc(NC(=O)/C(C#N)=c2\s/c(=C/c3ccc(OC(F)F)c(OC)c3)c(=O)n2-c2cccc(C)c2)cc1. The van der Waals surface area contributed by atoms with E-state index in [0.717, 1.165) is 28.9 Å². The van der Waals surface area contributed by atoms with E-state index in [2.05, 4.69) is 10.1 Å². The van der Waals surface area contributed by atoms with Gasteiger partial charge in [0.25, 0.3) is 11.5 Å². The third-order valence-electron chi connectivity index (χ3n) is 5.96. The molecule has 1 heterocycles. The van der Waals surface area contributed by atoms with Crippen molar-refractivity contribution in [2.75, 3.05) is 12.4 Å². The summed E-state index contributed by atoms with van der Waals surface area (Å²) in [6.07, 6.45) is 2.38. The summed E-state index contributed by atoms with van der Waals surface area (Å²) < 4.78 is 36.8. The van der Waals surface area contributed by atoms with Crippen LogP contribution in [0.2, 0.25) is 0 Å². The van der Waals surface area contributed by atoms with Crippen LogP contribution in [0.15, 0.2) is 71.5 Å². The van der Waals surface area contributed by atoms with Gasteiger partial charge < -0.3 is 14.8 Å². The van der Waals surface area contributed by atoms with Crippen molar-refractivity contribution in [2.45, 2.75) is 26.9 Å². The molecule has 10 heteroatoms. The van der Waals surface area contributed by atoms with Gasteiger partial charge in [0.1, 0.15) is 10.7 Å². The number of nitrogens with zero attached hydrogens (tertiary/aromatic N) is 2. The van der Waals surface area contributed by atoms with Gasteiger partial charge in [-0.3, -0.25) is 14.2 Å². The number of aromatic nitrogens is 1. The predicted molar refractivity (Wildman–Crippen MR) is 151 cm³/mol. The van der Waals surface area contributed by atoms with Crippen LogP contribution < -0.4 is 29.5 Å². The number of nitriles is 1. The lowest BCUT2D eigenvalue weighted by atomic mass is 10.1. The molecule has 0 aliphatic heterocycles. The van der Waals surface area contributed by atoms with Crippen LogP contribution in [0.5, 0.6) is 11.5 Å². The van der Waals surface area contributed by atoms with Gasteiger partial charge in [-0.2, -0.15) is 14.0 Å². The number of thiazole rings is 1. The summed E-state index contributed by atoms with van der Waals surface area (Å²) in [5.74, 6) is -0.749. The molecule has 1 amide bonds. The van der Waals surface area contributed by atoms with Crippen LogP contribution >= 0.6 is 11.3 Å². The number of hydrogen-bond acceptors (Lipinski definition) is 6. The van der Waals surface area contributed by atoms with E-state index in [0.29, 0.717) is 16.9 Å². The fraction of sp³-hybridized carbons (Fsp3) is 0.167. The number of ether oxygens (including phenoxy) is 2. The topological polar surface area (TPSA) is 93.4 Å². The second kappa shape index (κ2) is 12.4. The lowest BCUT2D eigenvalue weighted by Crippen LogP contribution is -2.32. The highest BCUT2D eigenvalue weighted by molar-refractivity contribution is 7.07. The van der Waals surface area contributed by atoms with Crippen molar-refractivity contribution in [1.29, 1.82) is 5.26 Å². The van der Waals surface area contributed by atoms with E-state index in [4.69, 9.17) is 4.74 Å². The van der Waals surface area contributed by atoms with Crippen molar-refractivity contribution >= 4 is 34.6 Å². The summed E-state index contributed by atoms with van der Waals surface area (Å²) >= 11 is 0.970. The first-order valence-corrected chi connectivity index (χ1v) is 13.0. The fourth-order valence-electron chi connectivity index (χ4n) is 3.98. The van der Waals surface area contributed by atoms with Crippen LogP contribution in [0, 0.1) is 18.3 Å². The Bertz CT molecular complexity index is 1770. The minimum atomic E-state index is -3.03. The Kier molecular flexibility index (Phi) is 8.76. The molecule has 0 unspecified atom stereocenters. The minimum Gasteiger partial charge on any atom is -0.493 e. The molecule has 40 heavy (non-hydrogen) atoms. The van der Waals surface area contributed by atoms with E-state index in [9.17, 15) is 23.6 Å². The summed E-state index contributed by atoms with van der Waals surface area (Å²) in [6, 6.07) is 20.6. The number of hydrogen-bond donors (Lipinski definition) is 1. The summed E-state index contributed by atoms with van der Waals surface area (Å²) in [6.45, 7) is 0.859. The Hall–Kier alpha value is -4.75. The molecule has 7 nitrogen and oxygen atoms in total. The Balaban J connectivity index is 1.90. The van der Waals surface area contributed by atoms with Crippen LogP contribution in [-0.2, 0) is 11.2 Å². The number of nitrogens with one attached hydrogen (secondary N) is 1. The summed E-state index contributed by atoms with van der Waals surface area (Å²) in [7, 11) is 1.31. The first kappa shape index (κ1) is 28.3. The number of aryl methyl sites for hydroxylation is 2. The molecule has 0 aliphatic carbocycles. The maximum absolute atomic E-state index is 13.7. The zero-order chi connectivity index (χ0) is 28.8. The van der Waals surface area contributed by atoms with Gasteiger partial charge in [0, 0.05) is 5.69 Å². The van der Waals surface area contributed by atoms with E-state index in [1.54, 1.807) is 30.3 Å². The van der Waals surface area contributed by atoms with Gasteiger partial charge in [0.15, 0.2) is 17.1 Å². The number of anilines is 1. The zero-order valence-corrected chi connectivity index (χ0v) is 22.7. The summed E-state index contributed by atoms with van der Waals surface area (Å²) in [5.41, 5.74) is 2.76. The van der Waals surface area contributed by atoms with Gasteiger partial charge in [-0.15, -0.1) is 11.3 Å². The van der Waals surface area contributed by atoms with Gasteiger partial charge in [0.05, 0.1) is 17.3 Å². The number of benzene rings is 3. The molecule has 204 valence electrons. The summed E-state index contributed by atoms with van der Waals surface area (Å²) in [5, 5.41) is 12.8. The van der Waals surface area contributed by atoms with Gasteiger partial charge >= 0.3 is 6.61 Å². The molecule has 0 radical (unpaired) electrons. The molecule has 1 N–H and O–H groups in total. The molecule has 1 aromatic heterocycles. The van der Waals surface area contributed by atoms with Gasteiger partial charge in [-0.05, 0) is 72.5 Å². The third kappa shape index (κ3) is 6.27. The molecular weight excluding hydrogens is 536 g/mol. The molecule has 3 aromatic carbocycles. The minimum absolute atomic E-state index is 0.0579. The van der Waals surface area contributed by atoms with Crippen LogP contribution in [0.3, 0.4) is 0 Å². The van der Waals surface area contributed by atoms with Gasteiger partial charge in [-0.25, -0.2) is 0 Å². The molecule has 4 rings (SSSR count). The first-order valence-electron chi connectivity index (χ1n) is 12.2. The van der Waals surface area contributed by atoms with E-state index >= 15 is 0 Å². The molecular formula is C30H25F2N3O4S. The number of alkyl halides is 2. The lowest BCUT2D eigenvalue weighted by Gasteiger charge is -2.09. The molecule has 4 aromatic rings. The second-order valence-corrected chi connectivity index (χ2v) is 9.71. The summed E-state index contributed by atoms with van der Waals surface area (Å²) in [4.78, 5) is 26.9. The van der Waals surface area contributed by atoms with Crippen molar-refractivity contribution in [3.8, 4) is 23.3 Å². The van der Waals surface area contributed by atoms with Crippen molar-refractivity contribution < 1.29 is 23.0 Å².